The number of imide groups is 1. The topological polar surface area (TPSA) is 98.7 Å². The molecule has 1 aliphatic rings. The first-order valence-corrected chi connectivity index (χ1v) is 8.07. The Labute approximate surface area is 153 Å². The van der Waals surface area contributed by atoms with Gasteiger partial charge in [0.05, 0.1) is 12.0 Å². The van der Waals surface area contributed by atoms with E-state index in [2.05, 4.69) is 10.6 Å². The Balaban J connectivity index is 0.00000312. The summed E-state index contributed by atoms with van der Waals surface area (Å²) in [6.45, 7) is 3.00. The van der Waals surface area contributed by atoms with Gasteiger partial charge in [-0.3, -0.25) is 19.8 Å². The van der Waals surface area contributed by atoms with Gasteiger partial charge in [0.1, 0.15) is 0 Å². The molecular weight excluding hydrogens is 346 g/mol. The molecule has 1 aromatic carbocycles. The third-order valence-corrected chi connectivity index (χ3v) is 4.26. The number of nitrogens with one attached hydrogen (secondary N) is 2. The highest BCUT2D eigenvalue weighted by Gasteiger charge is 2.31. The van der Waals surface area contributed by atoms with Crippen molar-refractivity contribution >= 4 is 30.3 Å². The highest BCUT2D eigenvalue weighted by Crippen LogP contribution is 2.18. The molecule has 1 aliphatic heterocycles. The smallest absolute Gasteiger partial charge is 0.321 e. The number of halogens is 1. The van der Waals surface area contributed by atoms with Crippen LogP contribution in [0.2, 0.25) is 0 Å². The van der Waals surface area contributed by atoms with Gasteiger partial charge in [0.15, 0.2) is 0 Å². The summed E-state index contributed by atoms with van der Waals surface area (Å²) in [7, 11) is 0. The monoisotopic (exact) mass is 369 g/mol. The quantitative estimate of drug-likeness (QED) is 0.732. The molecule has 0 bridgehead atoms. The number of carbonyl (C=O) groups is 3. The lowest BCUT2D eigenvalue weighted by Crippen LogP contribution is -2.52. The maximum Gasteiger partial charge on any atom is 0.321 e. The van der Waals surface area contributed by atoms with Crippen LogP contribution in [-0.4, -0.2) is 47.0 Å². The number of hydrogen-bond acceptors (Lipinski definition) is 4. The normalized spacial score (nSPS) is 18.5. The van der Waals surface area contributed by atoms with Crippen molar-refractivity contribution in [2.24, 2.45) is 5.92 Å². The fraction of sp³-hybridized carbons (Fsp3) is 0.471. The van der Waals surface area contributed by atoms with Gasteiger partial charge >= 0.3 is 12.0 Å². The second kappa shape index (κ2) is 10.0. The van der Waals surface area contributed by atoms with Crippen molar-refractivity contribution in [2.45, 2.75) is 32.4 Å². The molecular formula is C17H24ClN3O4. The maximum atomic E-state index is 12.2. The van der Waals surface area contributed by atoms with Gasteiger partial charge < -0.3 is 10.4 Å². The first-order chi connectivity index (χ1) is 11.5. The van der Waals surface area contributed by atoms with Crippen molar-refractivity contribution in [1.29, 1.82) is 0 Å². The number of aliphatic carboxylic acids is 1. The molecule has 0 radical (unpaired) electrons. The van der Waals surface area contributed by atoms with Gasteiger partial charge in [-0.1, -0.05) is 30.3 Å². The fourth-order valence-corrected chi connectivity index (χ4v) is 2.76. The Kier molecular flexibility index (Phi) is 8.37. The van der Waals surface area contributed by atoms with E-state index in [0.29, 0.717) is 26.1 Å². The summed E-state index contributed by atoms with van der Waals surface area (Å²) in [5, 5.41) is 14.1. The molecule has 1 heterocycles. The molecule has 8 heteroatoms. The molecule has 138 valence electrons. The van der Waals surface area contributed by atoms with E-state index in [-0.39, 0.29) is 12.4 Å². The van der Waals surface area contributed by atoms with Gasteiger partial charge in [-0.25, -0.2) is 4.79 Å². The molecule has 7 nitrogen and oxygen atoms in total. The lowest BCUT2D eigenvalue weighted by atomic mass is 9.97. The first kappa shape index (κ1) is 20.9. The van der Waals surface area contributed by atoms with Crippen LogP contribution in [0.4, 0.5) is 4.79 Å². The molecule has 0 saturated carbocycles. The van der Waals surface area contributed by atoms with Crippen LogP contribution < -0.4 is 10.6 Å². The standard InChI is InChI=1S/C17H23N3O4.ClH/c1-12(20-9-5-8-14(11-20)16(22)23)15(21)19-17(24)18-10-13-6-3-2-4-7-13;/h2-4,6-7,12,14H,5,8-11H2,1H3,(H,22,23)(H2,18,19,21,24);1H. The highest BCUT2D eigenvalue weighted by atomic mass is 35.5. The Morgan fingerprint density at radius 1 is 1.28 bits per heavy atom. The molecule has 1 aromatic rings. The maximum absolute atomic E-state index is 12.2. The van der Waals surface area contributed by atoms with Crippen LogP contribution in [0, 0.1) is 5.92 Å². The van der Waals surface area contributed by atoms with E-state index in [1.54, 1.807) is 6.92 Å². The second-order valence-electron chi connectivity index (χ2n) is 6.01. The van der Waals surface area contributed by atoms with E-state index >= 15 is 0 Å². The molecule has 2 atom stereocenters. The summed E-state index contributed by atoms with van der Waals surface area (Å²) in [5.41, 5.74) is 0.938. The highest BCUT2D eigenvalue weighted by molar-refractivity contribution is 5.96. The summed E-state index contributed by atoms with van der Waals surface area (Å²) < 4.78 is 0. The van der Waals surface area contributed by atoms with Crippen molar-refractivity contribution in [3.8, 4) is 0 Å². The van der Waals surface area contributed by atoms with Crippen molar-refractivity contribution < 1.29 is 19.5 Å². The number of rotatable bonds is 5. The van der Waals surface area contributed by atoms with Crippen molar-refractivity contribution in [2.75, 3.05) is 13.1 Å². The Hall–Kier alpha value is -2.12. The third kappa shape index (κ3) is 6.36. The average molecular weight is 370 g/mol. The lowest BCUT2D eigenvalue weighted by molar-refractivity contribution is -0.144. The lowest BCUT2D eigenvalue weighted by Gasteiger charge is -2.34. The molecule has 1 saturated heterocycles. The minimum Gasteiger partial charge on any atom is -0.481 e. The molecule has 3 amide bonds. The number of carboxylic acid groups (broad SMARTS) is 1. The van der Waals surface area contributed by atoms with Gasteiger partial charge in [0.25, 0.3) is 0 Å². The summed E-state index contributed by atoms with van der Waals surface area (Å²) in [5.74, 6) is -1.72. The minimum atomic E-state index is -0.840. The average Bonchev–Trinajstić information content (AvgIpc) is 2.60. The Morgan fingerprint density at radius 2 is 1.96 bits per heavy atom. The number of nitrogens with zero attached hydrogens (tertiary/aromatic N) is 1. The van der Waals surface area contributed by atoms with Crippen molar-refractivity contribution in [3.63, 3.8) is 0 Å². The zero-order chi connectivity index (χ0) is 17.5. The van der Waals surface area contributed by atoms with Crippen LogP contribution in [0.5, 0.6) is 0 Å². The fourth-order valence-electron chi connectivity index (χ4n) is 2.76. The molecule has 0 aromatic heterocycles. The molecule has 0 spiro atoms. The van der Waals surface area contributed by atoms with Crippen LogP contribution in [0.25, 0.3) is 0 Å². The van der Waals surface area contributed by atoms with Crippen LogP contribution in [0.1, 0.15) is 25.3 Å². The minimum absolute atomic E-state index is 0. The van der Waals surface area contributed by atoms with Crippen molar-refractivity contribution in [3.05, 3.63) is 35.9 Å². The number of hydrogen-bond donors (Lipinski definition) is 3. The van der Waals surface area contributed by atoms with Crippen molar-refractivity contribution in [1.82, 2.24) is 15.5 Å². The largest absolute Gasteiger partial charge is 0.481 e. The van der Waals surface area contributed by atoms with E-state index in [4.69, 9.17) is 5.11 Å². The third-order valence-electron chi connectivity index (χ3n) is 4.26. The zero-order valence-corrected chi connectivity index (χ0v) is 14.9. The number of urea groups is 1. The molecule has 25 heavy (non-hydrogen) atoms. The predicted molar refractivity (Wildman–Crippen MR) is 95.5 cm³/mol. The summed E-state index contributed by atoms with van der Waals surface area (Å²) in [6.07, 6.45) is 1.35. The van der Waals surface area contributed by atoms with E-state index < -0.39 is 29.9 Å². The molecule has 0 aliphatic carbocycles. The number of benzene rings is 1. The molecule has 2 rings (SSSR count). The van der Waals surface area contributed by atoms with Gasteiger partial charge in [-0.05, 0) is 31.9 Å². The first-order valence-electron chi connectivity index (χ1n) is 8.07. The summed E-state index contributed by atoms with van der Waals surface area (Å²) in [6, 6.07) is 8.29. The number of carboxylic acids is 1. The Morgan fingerprint density at radius 3 is 2.60 bits per heavy atom. The van der Waals surface area contributed by atoms with Crippen LogP contribution >= 0.6 is 12.4 Å². The van der Waals surface area contributed by atoms with Gasteiger partial charge in [0, 0.05) is 13.1 Å². The number of amides is 3. The van der Waals surface area contributed by atoms with Crippen LogP contribution in [-0.2, 0) is 16.1 Å². The Bertz CT molecular complexity index is 597. The summed E-state index contributed by atoms with van der Waals surface area (Å²) in [4.78, 5) is 36.9. The van der Waals surface area contributed by atoms with E-state index in [1.807, 2.05) is 35.2 Å². The number of carbonyl (C=O) groups excluding carboxylic acids is 2. The van der Waals surface area contributed by atoms with Gasteiger partial charge in [-0.2, -0.15) is 0 Å². The molecule has 1 fully saturated rings. The predicted octanol–water partition coefficient (Wildman–Crippen LogP) is 1.62. The van der Waals surface area contributed by atoms with Gasteiger partial charge in [-0.15, -0.1) is 12.4 Å². The van der Waals surface area contributed by atoms with E-state index in [9.17, 15) is 14.4 Å². The number of piperidine rings is 1. The van der Waals surface area contributed by atoms with Crippen LogP contribution in [0.15, 0.2) is 30.3 Å². The molecule has 2 unspecified atom stereocenters. The number of likely N-dealkylation sites (tertiary alicyclic amines) is 1. The second-order valence-corrected chi connectivity index (χ2v) is 6.01. The van der Waals surface area contributed by atoms with Gasteiger partial charge in [0.2, 0.25) is 5.91 Å². The summed E-state index contributed by atoms with van der Waals surface area (Å²) >= 11 is 0. The SMILES string of the molecule is CC(C(=O)NC(=O)NCc1ccccc1)N1CCCC(C(=O)O)C1.Cl. The van der Waals surface area contributed by atoms with E-state index in [1.165, 1.54) is 0 Å². The van der Waals surface area contributed by atoms with E-state index in [0.717, 1.165) is 12.0 Å². The zero-order valence-electron chi connectivity index (χ0n) is 14.1. The molecule has 3 N–H and O–H groups in total. The van der Waals surface area contributed by atoms with Crippen LogP contribution in [0.3, 0.4) is 0 Å².